The van der Waals surface area contributed by atoms with Crippen LogP contribution in [-0.2, 0) is 6.54 Å². The zero-order chi connectivity index (χ0) is 10.8. The molecule has 80 valence electrons. The van der Waals surface area contributed by atoms with Crippen LogP contribution in [-0.4, -0.2) is 14.9 Å². The molecule has 0 spiro atoms. The highest BCUT2D eigenvalue weighted by Gasteiger charge is 2.15. The highest BCUT2D eigenvalue weighted by molar-refractivity contribution is 7.10. The zero-order valence-corrected chi connectivity index (χ0v) is 9.66. The molecule has 2 heterocycles. The van der Waals surface area contributed by atoms with Gasteiger partial charge in [-0.25, -0.2) is 0 Å². The molecule has 2 aromatic heterocycles. The molecule has 0 aliphatic heterocycles. The minimum atomic E-state index is -0.537. The van der Waals surface area contributed by atoms with Crippen LogP contribution in [0, 0.1) is 6.92 Å². The maximum Gasteiger partial charge on any atom is 0.116 e. The molecule has 4 heteroatoms. The molecule has 0 bridgehead atoms. The van der Waals surface area contributed by atoms with Crippen molar-refractivity contribution in [2.45, 2.75) is 26.5 Å². The number of aryl methyl sites for hydroxylation is 2. The monoisotopic (exact) mass is 222 g/mol. The molecule has 0 aromatic carbocycles. The summed E-state index contributed by atoms with van der Waals surface area (Å²) in [6, 6.07) is 2.02. The number of aliphatic hydroxyl groups is 1. The van der Waals surface area contributed by atoms with Crippen molar-refractivity contribution in [3.8, 4) is 0 Å². The first-order valence-electron chi connectivity index (χ1n) is 4.96. The number of aliphatic hydroxyl groups excluding tert-OH is 1. The average Bonchev–Trinajstić information content (AvgIpc) is 2.84. The summed E-state index contributed by atoms with van der Waals surface area (Å²) < 4.78 is 1.82. The lowest BCUT2D eigenvalue weighted by Gasteiger charge is -2.06. The summed E-state index contributed by atoms with van der Waals surface area (Å²) in [4.78, 5) is 1.01. The van der Waals surface area contributed by atoms with E-state index in [0.717, 1.165) is 22.5 Å². The molecule has 0 fully saturated rings. The van der Waals surface area contributed by atoms with E-state index in [1.807, 2.05) is 36.2 Å². The van der Waals surface area contributed by atoms with Gasteiger partial charge < -0.3 is 5.11 Å². The van der Waals surface area contributed by atoms with Crippen molar-refractivity contribution in [2.75, 3.05) is 0 Å². The molecule has 0 aliphatic carbocycles. The molecule has 0 radical (unpaired) electrons. The molecule has 0 saturated carbocycles. The fourth-order valence-corrected chi connectivity index (χ4v) is 2.45. The SMILES string of the molecule is CCn1cc(C(O)c2sccc2C)cn1. The second-order valence-corrected chi connectivity index (χ2v) is 4.45. The van der Waals surface area contributed by atoms with E-state index in [4.69, 9.17) is 0 Å². The third-order valence-corrected chi connectivity index (χ3v) is 3.51. The van der Waals surface area contributed by atoms with Crippen LogP contribution in [0.2, 0.25) is 0 Å². The lowest BCUT2D eigenvalue weighted by atomic mass is 10.1. The molecule has 3 nitrogen and oxygen atoms in total. The van der Waals surface area contributed by atoms with Gasteiger partial charge in [0, 0.05) is 23.2 Å². The normalized spacial score (nSPS) is 13.0. The highest BCUT2D eigenvalue weighted by Crippen LogP contribution is 2.28. The van der Waals surface area contributed by atoms with E-state index in [2.05, 4.69) is 5.10 Å². The minimum absolute atomic E-state index is 0.537. The van der Waals surface area contributed by atoms with E-state index >= 15 is 0 Å². The Kier molecular flexibility index (Phi) is 2.88. The predicted octanol–water partition coefficient (Wildman–Crippen LogP) is 2.35. The maximum atomic E-state index is 10.1. The minimum Gasteiger partial charge on any atom is -0.383 e. The number of hydrogen-bond donors (Lipinski definition) is 1. The van der Waals surface area contributed by atoms with Crippen molar-refractivity contribution in [3.05, 3.63) is 39.8 Å². The Labute approximate surface area is 93.0 Å². The number of hydrogen-bond acceptors (Lipinski definition) is 3. The van der Waals surface area contributed by atoms with Crippen LogP contribution < -0.4 is 0 Å². The molecule has 1 atom stereocenters. The third-order valence-electron chi connectivity index (χ3n) is 2.44. The van der Waals surface area contributed by atoms with Crippen molar-refractivity contribution in [3.63, 3.8) is 0 Å². The first kappa shape index (κ1) is 10.4. The summed E-state index contributed by atoms with van der Waals surface area (Å²) >= 11 is 1.58. The van der Waals surface area contributed by atoms with Gasteiger partial charge in [-0.3, -0.25) is 4.68 Å². The average molecular weight is 222 g/mol. The van der Waals surface area contributed by atoms with Crippen LogP contribution in [0.4, 0.5) is 0 Å². The first-order chi connectivity index (χ1) is 7.22. The Morgan fingerprint density at radius 1 is 1.60 bits per heavy atom. The van der Waals surface area contributed by atoms with Crippen molar-refractivity contribution < 1.29 is 5.11 Å². The molecule has 15 heavy (non-hydrogen) atoms. The molecule has 2 rings (SSSR count). The second-order valence-electron chi connectivity index (χ2n) is 3.50. The van der Waals surface area contributed by atoms with E-state index in [1.54, 1.807) is 17.5 Å². The van der Waals surface area contributed by atoms with Gasteiger partial charge in [-0.05, 0) is 30.9 Å². The molecule has 0 aliphatic rings. The quantitative estimate of drug-likeness (QED) is 0.865. The number of aromatic nitrogens is 2. The van der Waals surface area contributed by atoms with Crippen LogP contribution in [0.25, 0.3) is 0 Å². The van der Waals surface area contributed by atoms with E-state index in [-0.39, 0.29) is 0 Å². The number of thiophene rings is 1. The first-order valence-corrected chi connectivity index (χ1v) is 5.84. The van der Waals surface area contributed by atoms with Gasteiger partial charge in [0.2, 0.25) is 0 Å². The predicted molar refractivity (Wildman–Crippen MR) is 61.0 cm³/mol. The van der Waals surface area contributed by atoms with Gasteiger partial charge in [0.15, 0.2) is 0 Å². The molecule has 1 unspecified atom stereocenters. The van der Waals surface area contributed by atoms with Gasteiger partial charge in [0.05, 0.1) is 6.20 Å². The summed E-state index contributed by atoms with van der Waals surface area (Å²) in [5.41, 5.74) is 2.00. The fourth-order valence-electron chi connectivity index (χ4n) is 1.51. The molecule has 0 saturated heterocycles. The standard InChI is InChI=1S/C11H14N2OS/c1-3-13-7-9(6-12-13)10(14)11-8(2)4-5-15-11/h4-7,10,14H,3H2,1-2H3. The van der Waals surface area contributed by atoms with Crippen LogP contribution in [0.15, 0.2) is 23.8 Å². The van der Waals surface area contributed by atoms with E-state index < -0.39 is 6.10 Å². The van der Waals surface area contributed by atoms with E-state index in [1.165, 1.54) is 0 Å². The maximum absolute atomic E-state index is 10.1. The van der Waals surface area contributed by atoms with Crippen molar-refractivity contribution in [1.82, 2.24) is 9.78 Å². The van der Waals surface area contributed by atoms with E-state index in [9.17, 15) is 5.11 Å². The Morgan fingerprint density at radius 2 is 2.40 bits per heavy atom. The topological polar surface area (TPSA) is 38.0 Å². The van der Waals surface area contributed by atoms with Crippen LogP contribution in [0.1, 0.15) is 29.0 Å². The van der Waals surface area contributed by atoms with Crippen molar-refractivity contribution >= 4 is 11.3 Å². The van der Waals surface area contributed by atoms with Crippen molar-refractivity contribution in [2.24, 2.45) is 0 Å². The summed E-state index contributed by atoms with van der Waals surface area (Å²) in [5.74, 6) is 0. The Balaban J connectivity index is 2.28. The van der Waals surface area contributed by atoms with Crippen molar-refractivity contribution in [1.29, 1.82) is 0 Å². The summed E-state index contributed by atoms with van der Waals surface area (Å²) in [7, 11) is 0. The summed E-state index contributed by atoms with van der Waals surface area (Å²) in [6.45, 7) is 4.87. The molecule has 0 amide bonds. The number of rotatable bonds is 3. The summed E-state index contributed by atoms with van der Waals surface area (Å²) in [6.07, 6.45) is 3.09. The van der Waals surface area contributed by atoms with Gasteiger partial charge in [0.25, 0.3) is 0 Å². The number of nitrogens with zero attached hydrogens (tertiary/aromatic N) is 2. The van der Waals surface area contributed by atoms with E-state index in [0.29, 0.717) is 0 Å². The highest BCUT2D eigenvalue weighted by atomic mass is 32.1. The van der Waals surface area contributed by atoms with Crippen LogP contribution >= 0.6 is 11.3 Å². The summed E-state index contributed by atoms with van der Waals surface area (Å²) in [5, 5.41) is 16.3. The molecule has 1 N–H and O–H groups in total. The lowest BCUT2D eigenvalue weighted by Crippen LogP contribution is -1.97. The lowest BCUT2D eigenvalue weighted by molar-refractivity contribution is 0.223. The molecule has 2 aromatic rings. The van der Waals surface area contributed by atoms with Gasteiger partial charge in [-0.1, -0.05) is 0 Å². The largest absolute Gasteiger partial charge is 0.383 e. The Bertz CT molecular complexity index is 447. The van der Waals surface area contributed by atoms with Gasteiger partial charge in [0.1, 0.15) is 6.10 Å². The molecular formula is C11H14N2OS. The fraction of sp³-hybridized carbons (Fsp3) is 0.364. The molecular weight excluding hydrogens is 208 g/mol. The van der Waals surface area contributed by atoms with Gasteiger partial charge in [-0.15, -0.1) is 11.3 Å². The Morgan fingerprint density at radius 3 is 2.93 bits per heavy atom. The smallest absolute Gasteiger partial charge is 0.116 e. The Hall–Kier alpha value is -1.13. The second kappa shape index (κ2) is 4.16. The van der Waals surface area contributed by atoms with Gasteiger partial charge in [-0.2, -0.15) is 5.10 Å². The third kappa shape index (κ3) is 1.96. The van der Waals surface area contributed by atoms with Crippen LogP contribution in [0.3, 0.4) is 0 Å². The van der Waals surface area contributed by atoms with Gasteiger partial charge >= 0.3 is 0 Å². The van der Waals surface area contributed by atoms with Crippen LogP contribution in [0.5, 0.6) is 0 Å². The zero-order valence-electron chi connectivity index (χ0n) is 8.84.